The number of fused-ring (bicyclic) bond motifs is 2. The topological polar surface area (TPSA) is 51.7 Å². The number of thioether (sulfide) groups is 1. The average Bonchev–Trinajstić information content (AvgIpc) is 3.25. The second-order valence-electron chi connectivity index (χ2n) is 6.01. The first-order valence-corrected chi connectivity index (χ1v) is 9.44. The van der Waals surface area contributed by atoms with E-state index >= 15 is 0 Å². The number of carbonyl (C=O) groups is 1. The number of ether oxygens (including phenoxy) is 2. The Morgan fingerprint density at radius 3 is 2.93 bits per heavy atom. The van der Waals surface area contributed by atoms with E-state index in [1.807, 2.05) is 42.5 Å². The summed E-state index contributed by atoms with van der Waals surface area (Å²) in [6.07, 6.45) is 3.62. The number of rotatable bonds is 2. The Morgan fingerprint density at radius 2 is 2.00 bits per heavy atom. The lowest BCUT2D eigenvalue weighted by molar-refractivity contribution is -0.113. The third kappa shape index (κ3) is 2.85. The number of aromatic nitrogens is 1. The first-order valence-electron chi connectivity index (χ1n) is 8.21. The first-order chi connectivity index (χ1) is 13.2. The third-order valence-electron chi connectivity index (χ3n) is 4.33. The molecule has 5 rings (SSSR count). The monoisotopic (exact) mass is 392 g/mol. The molecule has 0 N–H and O–H groups in total. The van der Waals surface area contributed by atoms with E-state index in [4.69, 9.17) is 21.7 Å². The standard InChI is InChI=1S/C20H12N2O3S2/c23-19-18(9-12-3-5-15-13(8-12)2-1-7-21-15)27-20(26)22(19)14-4-6-16-17(10-14)25-11-24-16/h1-10H,11H2. The summed E-state index contributed by atoms with van der Waals surface area (Å²) in [5, 5.41) is 1.03. The zero-order valence-corrected chi connectivity index (χ0v) is 15.5. The van der Waals surface area contributed by atoms with E-state index in [9.17, 15) is 4.79 Å². The molecule has 0 aliphatic carbocycles. The molecule has 0 saturated carbocycles. The van der Waals surface area contributed by atoms with Gasteiger partial charge >= 0.3 is 0 Å². The van der Waals surface area contributed by atoms with Gasteiger partial charge in [0.2, 0.25) is 6.79 Å². The van der Waals surface area contributed by atoms with E-state index in [0.717, 1.165) is 16.5 Å². The molecule has 3 heterocycles. The van der Waals surface area contributed by atoms with Crippen LogP contribution in [0.2, 0.25) is 0 Å². The van der Waals surface area contributed by atoms with Crippen LogP contribution in [0, 0.1) is 0 Å². The van der Waals surface area contributed by atoms with Crippen LogP contribution in [-0.2, 0) is 4.79 Å². The fraction of sp³-hybridized carbons (Fsp3) is 0.0500. The number of benzene rings is 2. The Kier molecular flexibility index (Phi) is 3.84. The van der Waals surface area contributed by atoms with Crippen LogP contribution in [0.1, 0.15) is 5.56 Å². The molecule has 0 unspecified atom stereocenters. The molecule has 1 amide bonds. The summed E-state index contributed by atoms with van der Waals surface area (Å²) in [6.45, 7) is 0.188. The zero-order chi connectivity index (χ0) is 18.4. The minimum absolute atomic E-state index is 0.143. The van der Waals surface area contributed by atoms with Crippen LogP contribution in [0.4, 0.5) is 5.69 Å². The molecular weight excluding hydrogens is 380 g/mol. The van der Waals surface area contributed by atoms with Crippen molar-refractivity contribution in [3.63, 3.8) is 0 Å². The van der Waals surface area contributed by atoms with Crippen LogP contribution in [0.3, 0.4) is 0 Å². The number of amides is 1. The van der Waals surface area contributed by atoms with E-state index in [-0.39, 0.29) is 12.7 Å². The highest BCUT2D eigenvalue weighted by Gasteiger charge is 2.34. The number of pyridine rings is 1. The Labute approximate surface area is 164 Å². The van der Waals surface area contributed by atoms with E-state index in [2.05, 4.69) is 4.98 Å². The lowest BCUT2D eigenvalue weighted by Crippen LogP contribution is -2.27. The molecule has 0 spiro atoms. The smallest absolute Gasteiger partial charge is 0.270 e. The van der Waals surface area contributed by atoms with E-state index < -0.39 is 0 Å². The molecule has 7 heteroatoms. The van der Waals surface area contributed by atoms with Crippen molar-refractivity contribution < 1.29 is 14.3 Å². The zero-order valence-electron chi connectivity index (χ0n) is 13.9. The Balaban J connectivity index is 1.48. The van der Waals surface area contributed by atoms with Crippen molar-refractivity contribution in [2.75, 3.05) is 11.7 Å². The quantitative estimate of drug-likeness (QED) is 0.477. The van der Waals surface area contributed by atoms with Crippen molar-refractivity contribution in [3.8, 4) is 11.5 Å². The predicted octanol–water partition coefficient (Wildman–Crippen LogP) is 4.37. The summed E-state index contributed by atoms with van der Waals surface area (Å²) >= 11 is 6.73. The maximum atomic E-state index is 12.9. The number of hydrogen-bond donors (Lipinski definition) is 0. The van der Waals surface area contributed by atoms with Crippen LogP contribution in [0.15, 0.2) is 59.6 Å². The molecule has 0 atom stereocenters. The number of anilines is 1. The Hall–Kier alpha value is -2.90. The first kappa shape index (κ1) is 16.3. The number of nitrogens with zero attached hydrogens (tertiary/aromatic N) is 2. The van der Waals surface area contributed by atoms with Gasteiger partial charge in [0, 0.05) is 17.6 Å². The number of hydrogen-bond acceptors (Lipinski definition) is 6. The molecule has 5 nitrogen and oxygen atoms in total. The van der Waals surface area contributed by atoms with Gasteiger partial charge in [-0.1, -0.05) is 36.1 Å². The summed E-state index contributed by atoms with van der Waals surface area (Å²) in [5.74, 6) is 1.15. The fourth-order valence-electron chi connectivity index (χ4n) is 3.05. The molecule has 1 saturated heterocycles. The maximum Gasteiger partial charge on any atom is 0.270 e. The van der Waals surface area contributed by atoms with Crippen LogP contribution in [0.25, 0.3) is 17.0 Å². The molecule has 27 heavy (non-hydrogen) atoms. The Bertz CT molecular complexity index is 1140. The second-order valence-corrected chi connectivity index (χ2v) is 7.69. The molecular formula is C20H12N2O3S2. The molecule has 2 aliphatic rings. The molecule has 1 fully saturated rings. The van der Waals surface area contributed by atoms with Crippen molar-refractivity contribution in [1.29, 1.82) is 0 Å². The summed E-state index contributed by atoms with van der Waals surface area (Å²) < 4.78 is 11.2. The highest BCUT2D eigenvalue weighted by molar-refractivity contribution is 8.27. The van der Waals surface area contributed by atoms with Gasteiger partial charge in [0.1, 0.15) is 0 Å². The van der Waals surface area contributed by atoms with Gasteiger partial charge in [-0.2, -0.15) is 0 Å². The predicted molar refractivity (Wildman–Crippen MR) is 110 cm³/mol. The summed E-state index contributed by atoms with van der Waals surface area (Å²) in [5.41, 5.74) is 2.53. The molecule has 0 bridgehead atoms. The van der Waals surface area contributed by atoms with Gasteiger partial charge in [0.25, 0.3) is 5.91 Å². The van der Waals surface area contributed by atoms with Crippen molar-refractivity contribution in [1.82, 2.24) is 4.98 Å². The van der Waals surface area contributed by atoms with Crippen LogP contribution >= 0.6 is 24.0 Å². The summed E-state index contributed by atoms with van der Waals surface area (Å²) in [6, 6.07) is 15.2. The number of carbonyl (C=O) groups excluding carboxylic acids is 1. The SMILES string of the molecule is O=C1C(=Cc2ccc3ncccc3c2)SC(=S)N1c1ccc2c(c1)OCO2. The largest absolute Gasteiger partial charge is 0.454 e. The van der Waals surface area contributed by atoms with E-state index in [1.54, 1.807) is 18.3 Å². The summed E-state index contributed by atoms with van der Waals surface area (Å²) in [7, 11) is 0. The fourth-order valence-corrected chi connectivity index (χ4v) is 4.35. The summed E-state index contributed by atoms with van der Waals surface area (Å²) in [4.78, 5) is 19.4. The van der Waals surface area contributed by atoms with Gasteiger partial charge in [0.15, 0.2) is 15.8 Å². The molecule has 1 aromatic heterocycles. The van der Waals surface area contributed by atoms with E-state index in [1.165, 1.54) is 16.7 Å². The minimum Gasteiger partial charge on any atom is -0.454 e. The van der Waals surface area contributed by atoms with Gasteiger partial charge in [-0.3, -0.25) is 14.7 Å². The molecule has 2 aliphatic heterocycles. The molecule has 0 radical (unpaired) electrons. The lowest BCUT2D eigenvalue weighted by atomic mass is 10.1. The minimum atomic E-state index is -0.143. The number of thiocarbonyl (C=S) groups is 1. The maximum absolute atomic E-state index is 12.9. The van der Waals surface area contributed by atoms with Crippen molar-refractivity contribution >= 4 is 56.9 Å². The second kappa shape index (κ2) is 6.37. The van der Waals surface area contributed by atoms with Gasteiger partial charge in [-0.15, -0.1) is 0 Å². The van der Waals surface area contributed by atoms with Crippen molar-refractivity contribution in [3.05, 3.63) is 65.2 Å². The highest BCUT2D eigenvalue weighted by atomic mass is 32.2. The van der Waals surface area contributed by atoms with E-state index in [0.29, 0.717) is 26.4 Å². The van der Waals surface area contributed by atoms with Crippen molar-refractivity contribution in [2.24, 2.45) is 0 Å². The van der Waals surface area contributed by atoms with Gasteiger partial charge in [0.05, 0.1) is 16.1 Å². The van der Waals surface area contributed by atoms with Gasteiger partial charge in [-0.25, -0.2) is 0 Å². The Morgan fingerprint density at radius 1 is 1.11 bits per heavy atom. The van der Waals surface area contributed by atoms with Crippen LogP contribution in [0.5, 0.6) is 11.5 Å². The van der Waals surface area contributed by atoms with Crippen LogP contribution in [-0.4, -0.2) is 22.0 Å². The van der Waals surface area contributed by atoms with Gasteiger partial charge in [-0.05, 0) is 42.0 Å². The van der Waals surface area contributed by atoms with Crippen LogP contribution < -0.4 is 14.4 Å². The average molecular weight is 392 g/mol. The highest BCUT2D eigenvalue weighted by Crippen LogP contribution is 2.40. The molecule has 3 aromatic rings. The third-order valence-corrected chi connectivity index (χ3v) is 5.64. The molecule has 132 valence electrons. The molecule has 2 aromatic carbocycles. The van der Waals surface area contributed by atoms with Gasteiger partial charge < -0.3 is 9.47 Å². The lowest BCUT2D eigenvalue weighted by Gasteiger charge is -2.14. The normalized spacial score (nSPS) is 17.3. The van der Waals surface area contributed by atoms with Crippen molar-refractivity contribution in [2.45, 2.75) is 0 Å².